The number of benzene rings is 1. The normalized spacial score (nSPS) is 11.5. The third-order valence-corrected chi connectivity index (χ3v) is 4.63. The molecular formula is C20H17N7. The van der Waals surface area contributed by atoms with Crippen LogP contribution in [0.2, 0.25) is 0 Å². The summed E-state index contributed by atoms with van der Waals surface area (Å²) >= 11 is 0. The summed E-state index contributed by atoms with van der Waals surface area (Å²) < 4.78 is 3.82. The molecule has 0 radical (unpaired) electrons. The van der Waals surface area contributed by atoms with Gasteiger partial charge in [0.2, 0.25) is 0 Å². The Morgan fingerprint density at radius 3 is 2.56 bits per heavy atom. The second-order valence-electron chi connectivity index (χ2n) is 6.58. The molecule has 7 nitrogen and oxygen atoms in total. The van der Waals surface area contributed by atoms with Crippen LogP contribution >= 0.6 is 0 Å². The Kier molecular flexibility index (Phi) is 3.24. The predicted molar refractivity (Wildman–Crippen MR) is 104 cm³/mol. The molecule has 0 saturated heterocycles. The lowest BCUT2D eigenvalue weighted by atomic mass is 10.1. The minimum absolute atomic E-state index is 0.661. The summed E-state index contributed by atoms with van der Waals surface area (Å²) in [6.07, 6.45) is 5.78. The number of nitrogens with zero attached hydrogens (tertiary/aromatic N) is 6. The zero-order valence-corrected chi connectivity index (χ0v) is 15.0. The summed E-state index contributed by atoms with van der Waals surface area (Å²) in [5.74, 6) is 0.661. The van der Waals surface area contributed by atoms with E-state index in [-0.39, 0.29) is 0 Å². The molecule has 0 spiro atoms. The Labute approximate surface area is 155 Å². The van der Waals surface area contributed by atoms with Crippen molar-refractivity contribution in [3.8, 4) is 22.6 Å². The molecule has 0 bridgehead atoms. The lowest BCUT2D eigenvalue weighted by molar-refractivity contribution is 0.891. The fourth-order valence-electron chi connectivity index (χ4n) is 3.13. The molecular weight excluding hydrogens is 338 g/mol. The van der Waals surface area contributed by atoms with E-state index in [1.165, 1.54) is 0 Å². The number of fused-ring (bicyclic) bond motifs is 2. The standard InChI is InChI=1S/C20H17N7/c1-12-10-22-13(2)20-24-19(25-27(12)20)15-7-8-26-11-17(23-18(26)9-15)14-3-5-16(21)6-4-14/h3-11H,21H2,1-2H3. The third kappa shape index (κ3) is 2.52. The van der Waals surface area contributed by atoms with Gasteiger partial charge in [0.15, 0.2) is 11.5 Å². The topological polar surface area (TPSA) is 86.4 Å². The van der Waals surface area contributed by atoms with Crippen LogP contribution in [0.5, 0.6) is 0 Å². The molecule has 1 aromatic carbocycles. The summed E-state index contributed by atoms with van der Waals surface area (Å²) in [4.78, 5) is 13.8. The summed E-state index contributed by atoms with van der Waals surface area (Å²) in [5, 5.41) is 4.64. The highest BCUT2D eigenvalue weighted by Gasteiger charge is 2.12. The van der Waals surface area contributed by atoms with Gasteiger partial charge in [0.25, 0.3) is 0 Å². The SMILES string of the molecule is Cc1ncc(C)n2nc(-c3ccn4cc(-c5ccc(N)cc5)nc4c3)nc12. The van der Waals surface area contributed by atoms with Crippen molar-refractivity contribution in [2.75, 3.05) is 5.73 Å². The van der Waals surface area contributed by atoms with Gasteiger partial charge in [-0.2, -0.15) is 0 Å². The number of aryl methyl sites for hydroxylation is 2. The first kappa shape index (κ1) is 15.5. The molecule has 4 heterocycles. The second-order valence-corrected chi connectivity index (χ2v) is 6.58. The molecule has 5 rings (SSSR count). The molecule has 0 unspecified atom stereocenters. The Morgan fingerprint density at radius 1 is 0.963 bits per heavy atom. The maximum Gasteiger partial charge on any atom is 0.182 e. The molecule has 0 atom stereocenters. The quantitative estimate of drug-likeness (QED) is 0.491. The molecule has 132 valence electrons. The van der Waals surface area contributed by atoms with Gasteiger partial charge < -0.3 is 10.1 Å². The Hall–Kier alpha value is -3.74. The van der Waals surface area contributed by atoms with Crippen molar-refractivity contribution >= 4 is 17.0 Å². The largest absolute Gasteiger partial charge is 0.399 e. The monoisotopic (exact) mass is 355 g/mol. The van der Waals surface area contributed by atoms with Crippen LogP contribution in [-0.4, -0.2) is 29.0 Å². The highest BCUT2D eigenvalue weighted by atomic mass is 15.3. The summed E-state index contributed by atoms with van der Waals surface area (Å²) in [6.45, 7) is 3.90. The average Bonchev–Trinajstić information content (AvgIpc) is 3.30. The molecule has 7 heteroatoms. The number of imidazole rings is 1. The van der Waals surface area contributed by atoms with Crippen molar-refractivity contribution in [1.82, 2.24) is 29.0 Å². The summed E-state index contributed by atoms with van der Waals surface area (Å²) in [5.41, 5.74) is 12.8. The van der Waals surface area contributed by atoms with Gasteiger partial charge in [0.1, 0.15) is 5.65 Å². The van der Waals surface area contributed by atoms with Gasteiger partial charge in [-0.1, -0.05) is 12.1 Å². The predicted octanol–water partition coefficient (Wildman–Crippen LogP) is 3.31. The van der Waals surface area contributed by atoms with E-state index in [2.05, 4.69) is 15.1 Å². The van der Waals surface area contributed by atoms with E-state index in [4.69, 9.17) is 10.7 Å². The molecule has 0 amide bonds. The molecule has 2 N–H and O–H groups in total. The summed E-state index contributed by atoms with van der Waals surface area (Å²) in [6, 6.07) is 11.7. The second kappa shape index (κ2) is 5.63. The molecule has 0 aliphatic heterocycles. The number of anilines is 1. The van der Waals surface area contributed by atoms with Crippen molar-refractivity contribution in [2.45, 2.75) is 13.8 Å². The van der Waals surface area contributed by atoms with Gasteiger partial charge in [-0.3, -0.25) is 4.98 Å². The molecule has 4 aromatic heterocycles. The van der Waals surface area contributed by atoms with Gasteiger partial charge in [-0.05, 0) is 38.1 Å². The zero-order valence-electron chi connectivity index (χ0n) is 15.0. The lowest BCUT2D eigenvalue weighted by Gasteiger charge is -1.98. The molecule has 0 fully saturated rings. The van der Waals surface area contributed by atoms with Gasteiger partial charge in [0, 0.05) is 35.4 Å². The number of hydrogen-bond acceptors (Lipinski definition) is 5. The highest BCUT2D eigenvalue weighted by Crippen LogP contribution is 2.24. The highest BCUT2D eigenvalue weighted by molar-refractivity contribution is 5.68. The first-order chi connectivity index (χ1) is 13.1. The summed E-state index contributed by atoms with van der Waals surface area (Å²) in [7, 11) is 0. The van der Waals surface area contributed by atoms with E-state index in [0.717, 1.165) is 45.2 Å². The number of nitrogens with two attached hydrogens (primary N) is 1. The van der Waals surface area contributed by atoms with E-state index in [1.54, 1.807) is 6.20 Å². The van der Waals surface area contributed by atoms with Crippen molar-refractivity contribution in [2.24, 2.45) is 0 Å². The van der Waals surface area contributed by atoms with Crippen LogP contribution in [-0.2, 0) is 0 Å². The van der Waals surface area contributed by atoms with Crippen LogP contribution in [0, 0.1) is 13.8 Å². The fraction of sp³-hybridized carbons (Fsp3) is 0.100. The number of pyridine rings is 1. The van der Waals surface area contributed by atoms with E-state index >= 15 is 0 Å². The Bertz CT molecular complexity index is 1260. The van der Waals surface area contributed by atoms with Crippen LogP contribution in [0.25, 0.3) is 33.9 Å². The average molecular weight is 355 g/mol. The van der Waals surface area contributed by atoms with Crippen molar-refractivity contribution in [1.29, 1.82) is 0 Å². The fourth-order valence-corrected chi connectivity index (χ4v) is 3.13. The molecule has 0 saturated carbocycles. The number of aromatic nitrogens is 6. The van der Waals surface area contributed by atoms with Crippen LogP contribution in [0.4, 0.5) is 5.69 Å². The number of nitrogen functional groups attached to an aromatic ring is 1. The maximum atomic E-state index is 5.77. The first-order valence-electron chi connectivity index (χ1n) is 8.62. The third-order valence-electron chi connectivity index (χ3n) is 4.63. The maximum absolute atomic E-state index is 5.77. The van der Waals surface area contributed by atoms with Gasteiger partial charge in [0.05, 0.1) is 17.1 Å². The molecule has 0 aliphatic rings. The van der Waals surface area contributed by atoms with Gasteiger partial charge in [-0.15, -0.1) is 5.10 Å². The minimum Gasteiger partial charge on any atom is -0.399 e. The van der Waals surface area contributed by atoms with Crippen LogP contribution < -0.4 is 5.73 Å². The number of rotatable bonds is 2. The van der Waals surface area contributed by atoms with E-state index in [0.29, 0.717) is 5.82 Å². The van der Waals surface area contributed by atoms with E-state index in [9.17, 15) is 0 Å². The molecule has 5 aromatic rings. The lowest BCUT2D eigenvalue weighted by Crippen LogP contribution is -1.97. The van der Waals surface area contributed by atoms with E-state index in [1.807, 2.05) is 71.6 Å². The van der Waals surface area contributed by atoms with Crippen molar-refractivity contribution in [3.63, 3.8) is 0 Å². The van der Waals surface area contributed by atoms with E-state index < -0.39 is 0 Å². The molecule has 0 aliphatic carbocycles. The van der Waals surface area contributed by atoms with Crippen LogP contribution in [0.15, 0.2) is 55.0 Å². The molecule has 27 heavy (non-hydrogen) atoms. The smallest absolute Gasteiger partial charge is 0.182 e. The van der Waals surface area contributed by atoms with Crippen molar-refractivity contribution in [3.05, 3.63) is 66.4 Å². The Balaban J connectivity index is 1.61. The number of hydrogen-bond donors (Lipinski definition) is 1. The van der Waals surface area contributed by atoms with Gasteiger partial charge in [-0.25, -0.2) is 14.5 Å². The zero-order chi connectivity index (χ0) is 18.5. The van der Waals surface area contributed by atoms with Crippen LogP contribution in [0.3, 0.4) is 0 Å². The minimum atomic E-state index is 0.661. The van der Waals surface area contributed by atoms with Gasteiger partial charge >= 0.3 is 0 Å². The van der Waals surface area contributed by atoms with Crippen LogP contribution in [0.1, 0.15) is 11.4 Å². The Morgan fingerprint density at radius 2 is 1.78 bits per heavy atom. The first-order valence-corrected chi connectivity index (χ1v) is 8.62. The van der Waals surface area contributed by atoms with Crippen molar-refractivity contribution < 1.29 is 0 Å².